The van der Waals surface area contributed by atoms with Gasteiger partial charge in [-0.3, -0.25) is 0 Å². The molecule has 238 valence electrons. The van der Waals surface area contributed by atoms with Crippen LogP contribution in [0.2, 0.25) is 0 Å². The molecule has 2 atom stereocenters. The van der Waals surface area contributed by atoms with Crippen molar-refractivity contribution in [3.8, 4) is 44.9 Å². The van der Waals surface area contributed by atoms with Gasteiger partial charge in [0.2, 0.25) is 0 Å². The van der Waals surface area contributed by atoms with Crippen LogP contribution < -0.4 is 9.47 Å². The molecule has 8 rings (SSSR count). The SMILES string of the molecule is CC(c1ccc(-c2ccccc2)cc1)(c1ccc(OCC2CO2)c(-c2ccccc2)c1)c1ccc(OCC2CO2)c(-c2ccccc2)c1. The third-order valence-corrected chi connectivity index (χ3v) is 9.51. The molecule has 2 heterocycles. The second-order valence-corrected chi connectivity index (χ2v) is 12.8. The Labute approximate surface area is 282 Å². The Bertz CT molecular complexity index is 1880. The van der Waals surface area contributed by atoms with E-state index in [1.165, 1.54) is 27.8 Å². The highest BCUT2D eigenvalue weighted by molar-refractivity contribution is 5.75. The van der Waals surface area contributed by atoms with Crippen molar-refractivity contribution < 1.29 is 18.9 Å². The van der Waals surface area contributed by atoms with Crippen molar-refractivity contribution in [3.63, 3.8) is 0 Å². The molecule has 2 fully saturated rings. The van der Waals surface area contributed by atoms with Gasteiger partial charge >= 0.3 is 0 Å². The summed E-state index contributed by atoms with van der Waals surface area (Å²) < 4.78 is 23.6. The summed E-state index contributed by atoms with van der Waals surface area (Å²) in [6.07, 6.45) is 0.343. The third-order valence-electron chi connectivity index (χ3n) is 9.51. The molecule has 0 N–H and O–H groups in total. The summed E-state index contributed by atoms with van der Waals surface area (Å²) in [4.78, 5) is 0. The van der Waals surface area contributed by atoms with E-state index in [-0.39, 0.29) is 12.2 Å². The van der Waals surface area contributed by atoms with Gasteiger partial charge in [-0.05, 0) is 70.1 Å². The van der Waals surface area contributed by atoms with E-state index in [0.29, 0.717) is 13.2 Å². The molecule has 2 aliphatic rings. The van der Waals surface area contributed by atoms with Gasteiger partial charge < -0.3 is 18.9 Å². The summed E-state index contributed by atoms with van der Waals surface area (Å²) in [5.41, 5.74) is 9.76. The molecule has 0 spiro atoms. The molecule has 0 saturated carbocycles. The van der Waals surface area contributed by atoms with E-state index in [0.717, 1.165) is 47.0 Å². The second kappa shape index (κ2) is 13.2. The van der Waals surface area contributed by atoms with Gasteiger partial charge in [-0.1, -0.05) is 127 Å². The number of epoxide rings is 2. The molecular formula is C44H38O4. The normalized spacial score (nSPS) is 17.7. The molecule has 6 aromatic carbocycles. The molecular weight excluding hydrogens is 592 g/mol. The largest absolute Gasteiger partial charge is 0.490 e. The quantitative estimate of drug-likeness (QED) is 0.0998. The predicted molar refractivity (Wildman–Crippen MR) is 192 cm³/mol. The maximum atomic E-state index is 6.35. The lowest BCUT2D eigenvalue weighted by atomic mass is 9.70. The molecule has 4 nitrogen and oxygen atoms in total. The first-order valence-electron chi connectivity index (χ1n) is 16.7. The third kappa shape index (κ3) is 6.37. The van der Waals surface area contributed by atoms with Crippen molar-refractivity contribution in [2.24, 2.45) is 0 Å². The fourth-order valence-corrected chi connectivity index (χ4v) is 6.44. The van der Waals surface area contributed by atoms with Gasteiger partial charge in [-0.2, -0.15) is 0 Å². The smallest absolute Gasteiger partial charge is 0.127 e. The minimum absolute atomic E-state index is 0.172. The average molecular weight is 631 g/mol. The summed E-state index contributed by atoms with van der Waals surface area (Å²) in [6, 6.07) is 53.9. The van der Waals surface area contributed by atoms with Crippen LogP contribution in [0.4, 0.5) is 0 Å². The van der Waals surface area contributed by atoms with Crippen LogP contribution in [0.15, 0.2) is 152 Å². The van der Waals surface area contributed by atoms with Crippen molar-refractivity contribution in [2.75, 3.05) is 26.4 Å². The van der Waals surface area contributed by atoms with Crippen LogP contribution in [0.25, 0.3) is 33.4 Å². The van der Waals surface area contributed by atoms with Crippen LogP contribution in [0.5, 0.6) is 11.5 Å². The lowest BCUT2D eigenvalue weighted by Crippen LogP contribution is -2.26. The highest BCUT2D eigenvalue weighted by Crippen LogP contribution is 2.45. The Morgan fingerprint density at radius 2 is 0.854 bits per heavy atom. The molecule has 2 aliphatic heterocycles. The van der Waals surface area contributed by atoms with E-state index >= 15 is 0 Å². The average Bonchev–Trinajstić information content (AvgIpc) is 4.10. The van der Waals surface area contributed by atoms with E-state index in [1.807, 2.05) is 0 Å². The zero-order valence-corrected chi connectivity index (χ0v) is 27.0. The summed E-state index contributed by atoms with van der Waals surface area (Å²) in [7, 11) is 0. The Morgan fingerprint density at radius 3 is 1.27 bits per heavy atom. The van der Waals surface area contributed by atoms with Crippen molar-refractivity contribution in [3.05, 3.63) is 168 Å². The molecule has 0 radical (unpaired) electrons. The molecule has 2 saturated heterocycles. The summed E-state index contributed by atoms with van der Waals surface area (Å²) in [5.74, 6) is 1.72. The highest BCUT2D eigenvalue weighted by atomic mass is 16.6. The number of hydrogen-bond donors (Lipinski definition) is 0. The zero-order chi connectivity index (χ0) is 32.3. The maximum Gasteiger partial charge on any atom is 0.127 e. The Kier molecular flexibility index (Phi) is 8.27. The fraction of sp³-hybridized carbons (Fsp3) is 0.182. The molecule has 0 aliphatic carbocycles. The maximum absolute atomic E-state index is 6.35. The van der Waals surface area contributed by atoms with Gasteiger partial charge in [0.25, 0.3) is 0 Å². The van der Waals surface area contributed by atoms with E-state index in [9.17, 15) is 0 Å². The van der Waals surface area contributed by atoms with Crippen molar-refractivity contribution in [2.45, 2.75) is 24.5 Å². The summed E-state index contributed by atoms with van der Waals surface area (Å²) in [5, 5.41) is 0. The Hall–Kier alpha value is -5.16. The Morgan fingerprint density at radius 1 is 0.479 bits per heavy atom. The van der Waals surface area contributed by atoms with Gasteiger partial charge in [0.1, 0.15) is 36.9 Å². The van der Waals surface area contributed by atoms with Gasteiger partial charge in [-0.15, -0.1) is 0 Å². The van der Waals surface area contributed by atoms with Gasteiger partial charge in [-0.25, -0.2) is 0 Å². The number of hydrogen-bond acceptors (Lipinski definition) is 4. The minimum atomic E-state index is -0.515. The number of ether oxygens (including phenoxy) is 4. The molecule has 6 aromatic rings. The van der Waals surface area contributed by atoms with E-state index < -0.39 is 5.41 Å². The van der Waals surface area contributed by atoms with Crippen LogP contribution in [-0.4, -0.2) is 38.6 Å². The zero-order valence-electron chi connectivity index (χ0n) is 27.0. The van der Waals surface area contributed by atoms with Crippen molar-refractivity contribution in [1.82, 2.24) is 0 Å². The van der Waals surface area contributed by atoms with Crippen LogP contribution in [0, 0.1) is 0 Å². The first-order chi connectivity index (χ1) is 23.6. The standard InChI is InChI=1S/C44H38O4/c1-44(35-19-17-32(18-20-35)31-11-5-2-6-12-31,36-21-23-42(47-29-38-27-45-38)40(25-36)33-13-7-3-8-14-33)37-22-24-43(48-30-39-28-46-39)41(26-37)34-15-9-4-10-16-34/h2-26,38-39H,27-30H2,1H3. The lowest BCUT2D eigenvalue weighted by molar-refractivity contribution is 0.263. The van der Waals surface area contributed by atoms with Gasteiger partial charge in [0, 0.05) is 16.5 Å². The lowest BCUT2D eigenvalue weighted by Gasteiger charge is -2.33. The van der Waals surface area contributed by atoms with E-state index in [1.54, 1.807) is 0 Å². The first-order valence-corrected chi connectivity index (χ1v) is 16.7. The molecule has 2 unspecified atom stereocenters. The summed E-state index contributed by atoms with van der Waals surface area (Å²) in [6.45, 7) is 4.94. The topological polar surface area (TPSA) is 43.5 Å². The fourth-order valence-electron chi connectivity index (χ4n) is 6.44. The predicted octanol–water partition coefficient (Wildman–Crippen LogP) is 9.60. The van der Waals surface area contributed by atoms with Crippen LogP contribution in [0.1, 0.15) is 23.6 Å². The van der Waals surface area contributed by atoms with Crippen LogP contribution in [0.3, 0.4) is 0 Å². The van der Waals surface area contributed by atoms with Crippen molar-refractivity contribution >= 4 is 0 Å². The summed E-state index contributed by atoms with van der Waals surface area (Å²) >= 11 is 0. The Balaban J connectivity index is 1.28. The van der Waals surface area contributed by atoms with Crippen LogP contribution in [-0.2, 0) is 14.9 Å². The molecule has 0 amide bonds. The van der Waals surface area contributed by atoms with Crippen LogP contribution >= 0.6 is 0 Å². The molecule has 0 bridgehead atoms. The van der Waals surface area contributed by atoms with Gasteiger partial charge in [0.05, 0.1) is 13.2 Å². The minimum Gasteiger partial charge on any atom is -0.490 e. The van der Waals surface area contributed by atoms with Crippen molar-refractivity contribution in [1.29, 1.82) is 0 Å². The second-order valence-electron chi connectivity index (χ2n) is 12.8. The number of rotatable bonds is 12. The van der Waals surface area contributed by atoms with E-state index in [4.69, 9.17) is 18.9 Å². The number of benzene rings is 6. The molecule has 4 heteroatoms. The van der Waals surface area contributed by atoms with E-state index in [2.05, 4.69) is 159 Å². The van der Waals surface area contributed by atoms with Gasteiger partial charge in [0.15, 0.2) is 0 Å². The first kappa shape index (κ1) is 30.2. The molecule has 48 heavy (non-hydrogen) atoms. The molecule has 0 aromatic heterocycles. The highest BCUT2D eigenvalue weighted by Gasteiger charge is 2.34. The monoisotopic (exact) mass is 630 g/mol.